The molecule has 116 valence electrons. The van der Waals surface area contributed by atoms with Crippen LogP contribution in [0, 0.1) is 0 Å². The summed E-state index contributed by atoms with van der Waals surface area (Å²) in [7, 11) is 0. The van der Waals surface area contributed by atoms with Crippen LogP contribution < -0.4 is 5.43 Å². The number of carbonyl (C=O) groups excluding carboxylic acids is 2. The van der Waals surface area contributed by atoms with Crippen molar-refractivity contribution < 1.29 is 9.59 Å². The highest BCUT2D eigenvalue weighted by molar-refractivity contribution is 8.25. The minimum absolute atomic E-state index is 0.215. The number of fused-ring (bicyclic) bond motifs is 1. The number of nitrogens with zero attached hydrogens (tertiary/aromatic N) is 3. The lowest BCUT2D eigenvalue weighted by molar-refractivity contribution is -0.116. The Balaban J connectivity index is 1.78. The second-order valence-electron chi connectivity index (χ2n) is 4.70. The lowest BCUT2D eigenvalue weighted by Gasteiger charge is -2.08. The fourth-order valence-corrected chi connectivity index (χ4v) is 5.65. The van der Waals surface area contributed by atoms with Gasteiger partial charge in [0.25, 0.3) is 5.91 Å². The summed E-state index contributed by atoms with van der Waals surface area (Å²) in [5.41, 5.74) is 3.79. The van der Waals surface area contributed by atoms with Gasteiger partial charge in [-0.1, -0.05) is 30.3 Å². The SMILES string of the molecule is O=C1Nn2c(nnc2-c2ccccc2)SC(=O)C1=C1SCCS1. The van der Waals surface area contributed by atoms with E-state index in [9.17, 15) is 9.59 Å². The van der Waals surface area contributed by atoms with Crippen LogP contribution in [0.2, 0.25) is 0 Å². The molecular formula is C14H10N4O2S3. The van der Waals surface area contributed by atoms with Crippen LogP contribution >= 0.6 is 35.3 Å². The first kappa shape index (κ1) is 14.9. The number of nitrogens with one attached hydrogen (secondary N) is 1. The van der Waals surface area contributed by atoms with Crippen LogP contribution in [0.4, 0.5) is 0 Å². The van der Waals surface area contributed by atoms with Crippen LogP contribution in [0.5, 0.6) is 0 Å². The van der Waals surface area contributed by atoms with Gasteiger partial charge in [-0.25, -0.2) is 4.68 Å². The highest BCUT2D eigenvalue weighted by Gasteiger charge is 2.33. The largest absolute Gasteiger partial charge is 0.281 e. The van der Waals surface area contributed by atoms with E-state index in [1.165, 1.54) is 4.68 Å². The monoisotopic (exact) mass is 362 g/mol. The Labute approximate surface area is 144 Å². The van der Waals surface area contributed by atoms with Crippen LogP contribution in [-0.4, -0.2) is 37.4 Å². The number of carbonyl (C=O) groups is 2. The van der Waals surface area contributed by atoms with Crippen molar-refractivity contribution >= 4 is 46.3 Å². The first-order valence-electron chi connectivity index (χ1n) is 6.78. The van der Waals surface area contributed by atoms with Gasteiger partial charge in [-0.05, 0) is 11.8 Å². The standard InChI is InChI=1S/C14H10N4O2S3/c19-11-9(13-21-6-7-22-13)12(20)23-14-16-15-10(18(14)17-11)8-4-2-1-3-5-8/h1-5H,6-7H2,(H,17,19). The van der Waals surface area contributed by atoms with Crippen molar-refractivity contribution in [2.75, 3.05) is 16.9 Å². The molecule has 1 aromatic carbocycles. The topological polar surface area (TPSA) is 76.9 Å². The molecule has 0 aliphatic carbocycles. The van der Waals surface area contributed by atoms with Gasteiger partial charge in [-0.15, -0.1) is 33.7 Å². The predicted molar refractivity (Wildman–Crippen MR) is 92.6 cm³/mol. The first-order chi connectivity index (χ1) is 11.2. The molecule has 1 saturated heterocycles. The molecule has 23 heavy (non-hydrogen) atoms. The number of hydrogen-bond donors (Lipinski definition) is 1. The van der Waals surface area contributed by atoms with E-state index in [-0.39, 0.29) is 10.7 Å². The predicted octanol–water partition coefficient (Wildman–Crippen LogP) is 2.34. The van der Waals surface area contributed by atoms with Gasteiger partial charge < -0.3 is 0 Å². The van der Waals surface area contributed by atoms with Gasteiger partial charge in [0.15, 0.2) is 5.82 Å². The van der Waals surface area contributed by atoms with E-state index in [4.69, 9.17) is 0 Å². The molecule has 1 fully saturated rings. The van der Waals surface area contributed by atoms with Crippen LogP contribution in [0.15, 0.2) is 45.3 Å². The second-order valence-corrected chi connectivity index (χ2v) is 8.11. The minimum atomic E-state index is -0.407. The molecule has 9 heteroatoms. The average Bonchev–Trinajstić information content (AvgIpc) is 3.18. The number of thioether (sulfide) groups is 3. The molecule has 1 N–H and O–H groups in total. The third-order valence-corrected chi connectivity index (χ3v) is 6.80. The zero-order chi connectivity index (χ0) is 15.8. The Morgan fingerprint density at radius 2 is 1.78 bits per heavy atom. The molecule has 0 spiro atoms. The maximum absolute atomic E-state index is 12.5. The van der Waals surface area contributed by atoms with Gasteiger partial charge >= 0.3 is 0 Å². The Morgan fingerprint density at radius 3 is 2.52 bits per heavy atom. The fraction of sp³-hybridized carbons (Fsp3) is 0.143. The van der Waals surface area contributed by atoms with E-state index in [2.05, 4.69) is 15.6 Å². The molecule has 2 aliphatic heterocycles. The van der Waals surface area contributed by atoms with Crippen molar-refractivity contribution in [2.24, 2.45) is 0 Å². The third kappa shape index (κ3) is 2.68. The van der Waals surface area contributed by atoms with E-state index in [0.717, 1.165) is 33.1 Å². The van der Waals surface area contributed by atoms with Crippen molar-refractivity contribution in [1.82, 2.24) is 14.9 Å². The molecule has 0 atom stereocenters. The molecule has 2 aromatic rings. The van der Waals surface area contributed by atoms with Gasteiger partial charge in [0.1, 0.15) is 5.57 Å². The normalized spacial score (nSPS) is 17.9. The third-order valence-electron chi connectivity index (χ3n) is 3.25. The average molecular weight is 362 g/mol. The molecule has 1 amide bonds. The van der Waals surface area contributed by atoms with Crippen LogP contribution in [0.3, 0.4) is 0 Å². The minimum Gasteiger partial charge on any atom is -0.281 e. The van der Waals surface area contributed by atoms with Crippen molar-refractivity contribution in [3.05, 3.63) is 40.1 Å². The second kappa shape index (κ2) is 6.06. The Bertz CT molecular complexity index is 824. The van der Waals surface area contributed by atoms with E-state index in [0.29, 0.717) is 11.0 Å². The summed E-state index contributed by atoms with van der Waals surface area (Å²) in [6.45, 7) is 0. The van der Waals surface area contributed by atoms with E-state index in [1.807, 2.05) is 30.3 Å². The fourth-order valence-electron chi connectivity index (χ4n) is 2.23. The van der Waals surface area contributed by atoms with E-state index >= 15 is 0 Å². The van der Waals surface area contributed by atoms with Crippen molar-refractivity contribution in [3.63, 3.8) is 0 Å². The Morgan fingerprint density at radius 1 is 1.04 bits per heavy atom. The highest BCUT2D eigenvalue weighted by atomic mass is 32.2. The Kier molecular flexibility index (Phi) is 3.92. The lowest BCUT2D eigenvalue weighted by Crippen LogP contribution is -2.25. The summed E-state index contributed by atoms with van der Waals surface area (Å²) < 4.78 is 2.28. The number of benzene rings is 1. The number of rotatable bonds is 1. The molecular weight excluding hydrogens is 352 g/mol. The van der Waals surface area contributed by atoms with E-state index < -0.39 is 5.91 Å². The zero-order valence-corrected chi connectivity index (χ0v) is 14.1. The molecule has 0 bridgehead atoms. The van der Waals surface area contributed by atoms with Gasteiger partial charge in [0.05, 0.1) is 4.24 Å². The van der Waals surface area contributed by atoms with Gasteiger partial charge in [-0.2, -0.15) is 0 Å². The van der Waals surface area contributed by atoms with Crippen LogP contribution in [0.1, 0.15) is 0 Å². The first-order valence-corrected chi connectivity index (χ1v) is 9.57. The summed E-state index contributed by atoms with van der Waals surface area (Å²) >= 11 is 4.03. The molecule has 3 heterocycles. The maximum atomic E-state index is 12.5. The summed E-state index contributed by atoms with van der Waals surface area (Å²) in [5.74, 6) is 1.93. The summed E-state index contributed by atoms with van der Waals surface area (Å²) in [5, 5.41) is 8.22. The lowest BCUT2D eigenvalue weighted by atomic mass is 10.2. The molecule has 6 nitrogen and oxygen atoms in total. The Hall–Kier alpha value is -1.71. The van der Waals surface area contributed by atoms with Gasteiger partial charge in [-0.3, -0.25) is 15.0 Å². The molecule has 1 aromatic heterocycles. The van der Waals surface area contributed by atoms with Crippen molar-refractivity contribution in [2.45, 2.75) is 5.16 Å². The maximum Gasteiger partial charge on any atom is 0.276 e. The number of aromatic nitrogens is 3. The zero-order valence-electron chi connectivity index (χ0n) is 11.7. The van der Waals surface area contributed by atoms with E-state index in [1.54, 1.807) is 23.5 Å². The molecule has 0 unspecified atom stereocenters. The number of amides is 1. The smallest absolute Gasteiger partial charge is 0.276 e. The highest BCUT2D eigenvalue weighted by Crippen LogP contribution is 2.41. The quantitative estimate of drug-likeness (QED) is 0.616. The molecule has 0 saturated carbocycles. The molecule has 0 radical (unpaired) electrons. The van der Waals surface area contributed by atoms with Crippen molar-refractivity contribution in [3.8, 4) is 11.4 Å². The van der Waals surface area contributed by atoms with Crippen LogP contribution in [-0.2, 0) is 9.59 Å². The molecule has 2 aliphatic rings. The summed E-state index contributed by atoms with van der Waals surface area (Å²) in [6, 6.07) is 9.42. The van der Waals surface area contributed by atoms with Gasteiger partial charge in [0, 0.05) is 17.1 Å². The van der Waals surface area contributed by atoms with Gasteiger partial charge in [0.2, 0.25) is 10.3 Å². The molecule has 4 rings (SSSR count). The summed E-state index contributed by atoms with van der Waals surface area (Å²) in [4.78, 5) is 25.0. The van der Waals surface area contributed by atoms with Crippen molar-refractivity contribution in [1.29, 1.82) is 0 Å². The number of hydrogen-bond acceptors (Lipinski definition) is 7. The van der Waals surface area contributed by atoms with Crippen LogP contribution in [0.25, 0.3) is 11.4 Å². The summed E-state index contributed by atoms with van der Waals surface area (Å²) in [6.07, 6.45) is 0.